The molecular formula is C12H19F3N2S3. The van der Waals surface area contributed by atoms with E-state index in [4.69, 9.17) is 0 Å². The molecule has 0 bridgehead atoms. The SMILES string of the molecule is CC[NH+](CC)CC.FC(F)(F)c1csc(NC(=S)[S-])c1. The molecule has 0 atom stereocenters. The van der Waals surface area contributed by atoms with E-state index >= 15 is 0 Å². The Bertz CT molecular complexity index is 395. The fourth-order valence-electron chi connectivity index (χ4n) is 1.40. The highest BCUT2D eigenvalue weighted by Gasteiger charge is 2.31. The Labute approximate surface area is 132 Å². The van der Waals surface area contributed by atoms with Crippen LogP contribution in [0.2, 0.25) is 0 Å². The lowest BCUT2D eigenvalue weighted by Crippen LogP contribution is -3.11. The van der Waals surface area contributed by atoms with E-state index in [0.29, 0.717) is 5.00 Å². The molecule has 1 aromatic heterocycles. The summed E-state index contributed by atoms with van der Waals surface area (Å²) in [5.74, 6) is 0. The van der Waals surface area contributed by atoms with Gasteiger partial charge in [-0.1, -0.05) is 4.32 Å². The van der Waals surface area contributed by atoms with Crippen molar-refractivity contribution in [1.29, 1.82) is 0 Å². The van der Waals surface area contributed by atoms with Crippen LogP contribution in [0.15, 0.2) is 11.4 Å². The summed E-state index contributed by atoms with van der Waals surface area (Å²) in [5.41, 5.74) is -0.689. The maximum atomic E-state index is 12.1. The molecule has 0 fully saturated rings. The first-order chi connectivity index (χ1) is 9.24. The molecular weight excluding hydrogens is 325 g/mol. The maximum absolute atomic E-state index is 12.1. The number of hydrogen-bond acceptors (Lipinski definition) is 3. The van der Waals surface area contributed by atoms with E-state index < -0.39 is 11.7 Å². The van der Waals surface area contributed by atoms with Crippen molar-refractivity contribution < 1.29 is 18.1 Å². The summed E-state index contributed by atoms with van der Waals surface area (Å²) in [7, 11) is 0. The van der Waals surface area contributed by atoms with Gasteiger partial charge < -0.3 is 35.1 Å². The first-order valence-electron chi connectivity index (χ1n) is 6.21. The van der Waals surface area contributed by atoms with Crippen LogP contribution >= 0.6 is 23.6 Å². The molecule has 0 aromatic carbocycles. The van der Waals surface area contributed by atoms with Crippen molar-refractivity contribution in [3.05, 3.63) is 17.0 Å². The number of anilines is 1. The van der Waals surface area contributed by atoms with Gasteiger partial charge >= 0.3 is 6.18 Å². The lowest BCUT2D eigenvalue weighted by Gasteiger charge is -2.10. The molecule has 0 aliphatic rings. The number of quaternary nitrogens is 1. The average Bonchev–Trinajstić information content (AvgIpc) is 2.79. The summed E-state index contributed by atoms with van der Waals surface area (Å²) < 4.78 is 36.2. The number of thiocarbonyl (C=S) groups is 1. The van der Waals surface area contributed by atoms with Gasteiger partial charge in [0.2, 0.25) is 0 Å². The Balaban J connectivity index is 0.000000441. The summed E-state index contributed by atoms with van der Waals surface area (Å²) in [6.45, 7) is 10.5. The van der Waals surface area contributed by atoms with Gasteiger partial charge in [-0.3, -0.25) is 0 Å². The molecule has 0 spiro atoms. The predicted molar refractivity (Wildman–Crippen MR) is 85.5 cm³/mol. The fourth-order valence-corrected chi connectivity index (χ4v) is 2.56. The molecule has 0 unspecified atom stereocenters. The van der Waals surface area contributed by atoms with Crippen LogP contribution in [0.3, 0.4) is 0 Å². The summed E-state index contributed by atoms with van der Waals surface area (Å²) in [5, 5.41) is 3.78. The van der Waals surface area contributed by atoms with Gasteiger partial charge in [0.15, 0.2) is 0 Å². The zero-order chi connectivity index (χ0) is 15.8. The zero-order valence-electron chi connectivity index (χ0n) is 11.6. The Hall–Kier alpha value is -0.440. The molecule has 8 heteroatoms. The van der Waals surface area contributed by atoms with Gasteiger partial charge in [-0.05, 0) is 26.8 Å². The van der Waals surface area contributed by atoms with Crippen LogP contribution in [0.4, 0.5) is 18.2 Å². The molecule has 0 radical (unpaired) electrons. The summed E-state index contributed by atoms with van der Waals surface area (Å²) in [6, 6.07) is 0.975. The van der Waals surface area contributed by atoms with Crippen LogP contribution in [0.1, 0.15) is 26.3 Å². The normalized spacial score (nSPS) is 10.9. The van der Waals surface area contributed by atoms with Gasteiger partial charge in [-0.15, -0.1) is 11.3 Å². The van der Waals surface area contributed by atoms with Crippen molar-refractivity contribution in [2.24, 2.45) is 0 Å². The Morgan fingerprint density at radius 3 is 2.05 bits per heavy atom. The van der Waals surface area contributed by atoms with Crippen molar-refractivity contribution in [2.45, 2.75) is 26.9 Å². The molecule has 20 heavy (non-hydrogen) atoms. The van der Waals surface area contributed by atoms with Crippen molar-refractivity contribution in [3.63, 3.8) is 0 Å². The van der Waals surface area contributed by atoms with Crippen LogP contribution in [0.25, 0.3) is 0 Å². The first-order valence-corrected chi connectivity index (χ1v) is 7.91. The minimum Gasteiger partial charge on any atom is -0.411 e. The van der Waals surface area contributed by atoms with Crippen LogP contribution < -0.4 is 10.2 Å². The molecule has 2 nitrogen and oxygen atoms in total. The molecule has 0 aliphatic carbocycles. The van der Waals surface area contributed by atoms with E-state index in [2.05, 4.69) is 50.9 Å². The van der Waals surface area contributed by atoms with Gasteiger partial charge in [-0.25, -0.2) is 0 Å². The summed E-state index contributed by atoms with van der Waals surface area (Å²) in [4.78, 5) is 1.68. The zero-order valence-corrected chi connectivity index (χ0v) is 14.1. The first kappa shape index (κ1) is 19.6. The van der Waals surface area contributed by atoms with Crippen molar-refractivity contribution >= 4 is 45.5 Å². The second-order valence-electron chi connectivity index (χ2n) is 3.92. The molecule has 1 rings (SSSR count). The smallest absolute Gasteiger partial charge is 0.411 e. The standard InChI is InChI=1S/C6H4F3NS3.C6H15N/c7-6(8,9)3-1-4(13-2-3)10-5(11)12;1-4-7(5-2)6-3/h1-2H,(H2,10,11,12);4-6H2,1-3H3. The lowest BCUT2D eigenvalue weighted by atomic mass is 10.3. The maximum Gasteiger partial charge on any atom is 0.417 e. The third-order valence-electron chi connectivity index (χ3n) is 2.65. The highest BCUT2D eigenvalue weighted by molar-refractivity contribution is 8.00. The second-order valence-corrected chi connectivity index (χ2v) is 5.91. The Morgan fingerprint density at radius 1 is 1.30 bits per heavy atom. The minimum absolute atomic E-state index is 0.0376. The lowest BCUT2D eigenvalue weighted by molar-refractivity contribution is -0.894. The van der Waals surface area contributed by atoms with Crippen molar-refractivity contribution in [1.82, 2.24) is 0 Å². The van der Waals surface area contributed by atoms with E-state index in [-0.39, 0.29) is 4.32 Å². The van der Waals surface area contributed by atoms with E-state index in [9.17, 15) is 13.2 Å². The van der Waals surface area contributed by atoms with Gasteiger partial charge in [0.25, 0.3) is 0 Å². The van der Waals surface area contributed by atoms with Crippen LogP contribution in [0, 0.1) is 0 Å². The largest absolute Gasteiger partial charge is 0.417 e. The highest BCUT2D eigenvalue weighted by Crippen LogP contribution is 2.34. The van der Waals surface area contributed by atoms with Gasteiger partial charge in [0.05, 0.1) is 30.2 Å². The van der Waals surface area contributed by atoms with Crippen molar-refractivity contribution in [2.75, 3.05) is 25.0 Å². The van der Waals surface area contributed by atoms with Gasteiger partial charge in [0.1, 0.15) is 0 Å². The molecule has 2 N–H and O–H groups in total. The van der Waals surface area contributed by atoms with Crippen LogP contribution in [-0.2, 0) is 18.8 Å². The fraction of sp³-hybridized carbons (Fsp3) is 0.583. The Morgan fingerprint density at radius 2 is 1.80 bits per heavy atom. The number of rotatable bonds is 4. The van der Waals surface area contributed by atoms with E-state index in [0.717, 1.165) is 22.8 Å². The molecule has 1 aromatic rings. The third-order valence-corrected chi connectivity index (χ3v) is 3.70. The van der Waals surface area contributed by atoms with Crippen LogP contribution in [-0.4, -0.2) is 24.0 Å². The molecule has 0 amide bonds. The summed E-state index contributed by atoms with van der Waals surface area (Å²) >= 11 is 9.94. The quantitative estimate of drug-likeness (QED) is 0.646. The molecule has 0 aliphatic heterocycles. The molecule has 1 heterocycles. The number of nitrogens with one attached hydrogen (secondary N) is 2. The molecule has 116 valence electrons. The summed E-state index contributed by atoms with van der Waals surface area (Å²) in [6.07, 6.45) is -4.31. The number of alkyl halides is 3. The van der Waals surface area contributed by atoms with E-state index in [1.165, 1.54) is 19.6 Å². The molecule has 0 saturated heterocycles. The monoisotopic (exact) mass is 344 g/mol. The van der Waals surface area contributed by atoms with Gasteiger partial charge in [-0.2, -0.15) is 13.2 Å². The van der Waals surface area contributed by atoms with E-state index in [1.807, 2.05) is 0 Å². The highest BCUT2D eigenvalue weighted by atomic mass is 32.1. The topological polar surface area (TPSA) is 16.5 Å². The van der Waals surface area contributed by atoms with Crippen LogP contribution in [0.5, 0.6) is 0 Å². The van der Waals surface area contributed by atoms with E-state index in [1.54, 1.807) is 4.90 Å². The number of halogens is 3. The minimum atomic E-state index is -4.31. The third kappa shape index (κ3) is 7.98. The second kappa shape index (κ2) is 9.49. The van der Waals surface area contributed by atoms with Gasteiger partial charge in [0, 0.05) is 5.38 Å². The Kier molecular flexibility index (Phi) is 9.28. The van der Waals surface area contributed by atoms with Crippen molar-refractivity contribution in [3.8, 4) is 0 Å². The predicted octanol–water partition coefficient (Wildman–Crippen LogP) is 2.94. The average molecular weight is 344 g/mol. The number of hydrogen-bond donors (Lipinski definition) is 2. The number of thiophene rings is 1. The molecule has 0 saturated carbocycles.